The lowest BCUT2D eigenvalue weighted by molar-refractivity contribution is -0.159. The zero-order valence-corrected chi connectivity index (χ0v) is 15.1. The lowest BCUT2D eigenvalue weighted by Gasteiger charge is -2.21. The van der Waals surface area contributed by atoms with Gasteiger partial charge in [-0.15, -0.1) is 11.3 Å². The summed E-state index contributed by atoms with van der Waals surface area (Å²) in [6.07, 6.45) is 4.95. The van der Waals surface area contributed by atoms with Crippen LogP contribution in [0.2, 0.25) is 0 Å². The quantitative estimate of drug-likeness (QED) is 0.470. The number of aromatic nitrogens is 1. The monoisotopic (exact) mass is 370 g/mol. The van der Waals surface area contributed by atoms with Gasteiger partial charge in [0, 0.05) is 0 Å². The van der Waals surface area contributed by atoms with Crippen molar-refractivity contribution < 1.29 is 19.1 Å². The standard InChI is InChI=1S/C19H18N2O4S/c1-11(21-17(22)12-6-2-3-7-13(12)18(21)23)19(24)25-10-16-20-14-8-4-5-9-15(14)26-16/h2-5,8-9,11-13H,6-7,10H2,1H3/t11-,12-,13+/m0/s1. The number of esters is 1. The Bertz CT molecular complexity index is 860. The minimum absolute atomic E-state index is 0.0349. The van der Waals surface area contributed by atoms with Crippen LogP contribution in [0, 0.1) is 11.8 Å². The molecule has 26 heavy (non-hydrogen) atoms. The molecule has 1 aliphatic heterocycles. The minimum atomic E-state index is -0.921. The summed E-state index contributed by atoms with van der Waals surface area (Å²) >= 11 is 1.46. The Morgan fingerprint density at radius 1 is 1.23 bits per heavy atom. The summed E-state index contributed by atoms with van der Waals surface area (Å²) in [5, 5.41) is 0.684. The predicted molar refractivity (Wildman–Crippen MR) is 96.1 cm³/mol. The third-order valence-electron chi connectivity index (χ3n) is 4.95. The Labute approximate surface area is 154 Å². The average Bonchev–Trinajstić information content (AvgIpc) is 3.18. The zero-order valence-electron chi connectivity index (χ0n) is 14.3. The molecule has 7 heteroatoms. The Hall–Kier alpha value is -2.54. The Morgan fingerprint density at radius 3 is 2.54 bits per heavy atom. The highest BCUT2D eigenvalue weighted by atomic mass is 32.1. The molecule has 2 aromatic rings. The summed E-state index contributed by atoms with van der Waals surface area (Å²) < 4.78 is 6.35. The number of benzene rings is 1. The number of thiazole rings is 1. The number of allylic oxidation sites excluding steroid dienone is 2. The Balaban J connectivity index is 1.43. The zero-order chi connectivity index (χ0) is 18.3. The van der Waals surface area contributed by atoms with Crippen LogP contribution in [0.25, 0.3) is 10.2 Å². The molecule has 1 aromatic heterocycles. The van der Waals surface area contributed by atoms with Gasteiger partial charge in [-0.1, -0.05) is 24.3 Å². The van der Waals surface area contributed by atoms with E-state index in [2.05, 4.69) is 4.98 Å². The van der Waals surface area contributed by atoms with Crippen LogP contribution in [0.4, 0.5) is 0 Å². The van der Waals surface area contributed by atoms with Crippen molar-refractivity contribution in [2.24, 2.45) is 11.8 Å². The number of rotatable bonds is 4. The number of carbonyl (C=O) groups is 3. The minimum Gasteiger partial charge on any atom is -0.457 e. The topological polar surface area (TPSA) is 76.6 Å². The molecule has 3 atom stereocenters. The number of carbonyl (C=O) groups excluding carboxylic acids is 3. The number of nitrogens with zero attached hydrogens (tertiary/aromatic N) is 2. The van der Waals surface area contributed by atoms with Crippen molar-refractivity contribution >= 4 is 39.3 Å². The smallest absolute Gasteiger partial charge is 0.329 e. The maximum Gasteiger partial charge on any atom is 0.329 e. The van der Waals surface area contributed by atoms with Crippen molar-refractivity contribution in [3.05, 3.63) is 41.4 Å². The molecule has 1 saturated heterocycles. The molecule has 0 unspecified atom stereocenters. The van der Waals surface area contributed by atoms with E-state index in [9.17, 15) is 14.4 Å². The highest BCUT2D eigenvalue weighted by Gasteiger charge is 2.50. The summed E-state index contributed by atoms with van der Waals surface area (Å²) in [6, 6.07) is 6.76. The van der Waals surface area contributed by atoms with E-state index in [1.807, 2.05) is 36.4 Å². The maximum absolute atomic E-state index is 12.5. The van der Waals surface area contributed by atoms with E-state index in [0.717, 1.165) is 15.1 Å². The largest absolute Gasteiger partial charge is 0.457 e. The third-order valence-corrected chi connectivity index (χ3v) is 5.96. The van der Waals surface area contributed by atoms with Crippen molar-refractivity contribution in [3.63, 3.8) is 0 Å². The molecule has 2 amide bonds. The van der Waals surface area contributed by atoms with Gasteiger partial charge in [0.25, 0.3) is 0 Å². The maximum atomic E-state index is 12.5. The van der Waals surface area contributed by atoms with Crippen molar-refractivity contribution in [3.8, 4) is 0 Å². The first-order valence-electron chi connectivity index (χ1n) is 8.59. The number of imide groups is 1. The van der Waals surface area contributed by atoms with Crippen molar-refractivity contribution in [1.29, 1.82) is 0 Å². The molecule has 2 heterocycles. The van der Waals surface area contributed by atoms with Crippen LogP contribution < -0.4 is 0 Å². The van der Waals surface area contributed by atoms with E-state index < -0.39 is 12.0 Å². The number of hydrogen-bond donors (Lipinski definition) is 0. The fraction of sp³-hybridized carbons (Fsp3) is 0.368. The van der Waals surface area contributed by atoms with Gasteiger partial charge in [0.05, 0.1) is 22.1 Å². The van der Waals surface area contributed by atoms with Gasteiger partial charge in [0.15, 0.2) is 0 Å². The fourth-order valence-corrected chi connectivity index (χ4v) is 4.43. The second kappa shape index (κ2) is 6.64. The molecule has 0 spiro atoms. The van der Waals surface area contributed by atoms with E-state index in [0.29, 0.717) is 17.8 Å². The van der Waals surface area contributed by atoms with Gasteiger partial charge < -0.3 is 4.74 Å². The second-order valence-corrected chi connectivity index (χ2v) is 7.68. The van der Waals surface area contributed by atoms with Crippen molar-refractivity contribution in [1.82, 2.24) is 9.88 Å². The van der Waals surface area contributed by atoms with Gasteiger partial charge in [-0.2, -0.15) is 0 Å². The van der Waals surface area contributed by atoms with E-state index in [-0.39, 0.29) is 30.3 Å². The van der Waals surface area contributed by atoms with Crippen LogP contribution >= 0.6 is 11.3 Å². The number of fused-ring (bicyclic) bond motifs is 2. The van der Waals surface area contributed by atoms with Crippen molar-refractivity contribution in [2.75, 3.05) is 0 Å². The van der Waals surface area contributed by atoms with Gasteiger partial charge in [-0.25, -0.2) is 9.78 Å². The Morgan fingerprint density at radius 2 is 1.88 bits per heavy atom. The van der Waals surface area contributed by atoms with E-state index in [4.69, 9.17) is 4.74 Å². The average molecular weight is 370 g/mol. The number of likely N-dealkylation sites (tertiary alicyclic amines) is 1. The van der Waals surface area contributed by atoms with E-state index in [1.54, 1.807) is 6.92 Å². The van der Waals surface area contributed by atoms with Crippen molar-refractivity contribution in [2.45, 2.75) is 32.4 Å². The number of hydrogen-bond acceptors (Lipinski definition) is 6. The molecule has 0 bridgehead atoms. The molecule has 134 valence electrons. The molecule has 1 aliphatic carbocycles. The molecule has 4 rings (SSSR count). The van der Waals surface area contributed by atoms with Gasteiger partial charge in [0.1, 0.15) is 17.7 Å². The molecule has 6 nitrogen and oxygen atoms in total. The van der Waals surface area contributed by atoms with E-state index in [1.165, 1.54) is 11.3 Å². The molecule has 0 saturated carbocycles. The predicted octanol–water partition coefficient (Wildman–Crippen LogP) is 2.68. The van der Waals surface area contributed by atoms with Gasteiger partial charge in [-0.3, -0.25) is 14.5 Å². The first-order valence-corrected chi connectivity index (χ1v) is 9.41. The highest BCUT2D eigenvalue weighted by molar-refractivity contribution is 7.18. The Kier molecular flexibility index (Phi) is 4.32. The number of para-hydroxylation sites is 1. The molecular weight excluding hydrogens is 352 g/mol. The lowest BCUT2D eigenvalue weighted by Crippen LogP contribution is -2.44. The fourth-order valence-electron chi connectivity index (χ4n) is 3.55. The molecule has 0 N–H and O–H groups in total. The summed E-state index contributed by atoms with van der Waals surface area (Å²) in [5.74, 6) is -1.81. The summed E-state index contributed by atoms with van der Waals surface area (Å²) in [4.78, 5) is 43.0. The van der Waals surface area contributed by atoms with Crippen LogP contribution in [-0.2, 0) is 25.7 Å². The first-order chi connectivity index (χ1) is 12.6. The highest BCUT2D eigenvalue weighted by Crippen LogP contribution is 2.36. The van der Waals surface area contributed by atoms with Crippen LogP contribution in [-0.4, -0.2) is 33.7 Å². The lowest BCUT2D eigenvalue weighted by atomic mass is 9.85. The number of amides is 2. The van der Waals surface area contributed by atoms with Crippen LogP contribution in [0.1, 0.15) is 24.8 Å². The summed E-state index contributed by atoms with van der Waals surface area (Å²) in [6.45, 7) is 1.58. The number of ether oxygens (including phenoxy) is 1. The van der Waals surface area contributed by atoms with Crippen LogP contribution in [0.15, 0.2) is 36.4 Å². The SMILES string of the molecule is C[C@@H](C(=O)OCc1nc2ccccc2s1)N1C(=O)[C@H]2CC=CC[C@H]2C1=O. The molecule has 1 fully saturated rings. The van der Waals surface area contributed by atoms with Crippen LogP contribution in [0.5, 0.6) is 0 Å². The molecule has 2 aliphatic rings. The van der Waals surface area contributed by atoms with Crippen LogP contribution in [0.3, 0.4) is 0 Å². The van der Waals surface area contributed by atoms with Gasteiger partial charge in [-0.05, 0) is 31.9 Å². The van der Waals surface area contributed by atoms with Gasteiger partial charge >= 0.3 is 5.97 Å². The normalized spacial score (nSPS) is 23.3. The van der Waals surface area contributed by atoms with E-state index >= 15 is 0 Å². The molecular formula is C19H18N2O4S. The first kappa shape index (κ1) is 16.9. The summed E-state index contributed by atoms with van der Waals surface area (Å²) in [7, 11) is 0. The second-order valence-electron chi connectivity index (χ2n) is 6.56. The molecule has 1 aromatic carbocycles. The third kappa shape index (κ3) is 2.82. The molecule has 0 radical (unpaired) electrons. The van der Waals surface area contributed by atoms with Gasteiger partial charge in [0.2, 0.25) is 11.8 Å². The summed E-state index contributed by atoms with van der Waals surface area (Å²) in [5.41, 5.74) is 0.859.